The minimum atomic E-state index is -0.100. The zero-order valence-corrected chi connectivity index (χ0v) is 15.9. The van der Waals surface area contributed by atoms with Crippen molar-refractivity contribution in [1.29, 1.82) is 0 Å². The number of benzene rings is 1. The summed E-state index contributed by atoms with van der Waals surface area (Å²) < 4.78 is 0. The fourth-order valence-electron chi connectivity index (χ4n) is 3.82. The molecule has 1 N–H and O–H groups in total. The Hall–Kier alpha value is -1.39. The first-order valence-corrected chi connectivity index (χ1v) is 9.12. The zero-order valence-electron chi connectivity index (χ0n) is 15.9. The average molecular weight is 332 g/mol. The van der Waals surface area contributed by atoms with E-state index in [0.717, 1.165) is 32.2 Å². The molecule has 0 aliphatic carbocycles. The van der Waals surface area contributed by atoms with Gasteiger partial charge in [0.2, 0.25) is 0 Å². The van der Waals surface area contributed by atoms with Crippen molar-refractivity contribution in [1.82, 2.24) is 10.5 Å². The number of hydrazone groups is 1. The minimum Gasteiger partial charge on any atom is -0.313 e. The van der Waals surface area contributed by atoms with Crippen molar-refractivity contribution in [3.63, 3.8) is 0 Å². The first kappa shape index (κ1) is 18.9. The Morgan fingerprint density at radius 2 is 2.04 bits per heavy atom. The molecule has 1 heterocycles. The second kappa shape index (κ2) is 8.13. The van der Waals surface area contributed by atoms with Crippen LogP contribution in [0.5, 0.6) is 0 Å². The molecule has 0 spiro atoms. The van der Waals surface area contributed by atoms with E-state index < -0.39 is 0 Å². The fourth-order valence-corrected chi connectivity index (χ4v) is 3.82. The molecule has 134 valence electrons. The largest absolute Gasteiger partial charge is 0.313 e. The number of nitrogens with zero attached hydrogens (tertiary/aromatic N) is 2. The predicted octanol–water partition coefficient (Wildman–Crippen LogP) is 4.37. The average Bonchev–Trinajstić information content (AvgIpc) is 2.81. The molecule has 1 aliphatic rings. The van der Waals surface area contributed by atoms with Gasteiger partial charge in [0.15, 0.2) is 0 Å². The van der Waals surface area contributed by atoms with Crippen LogP contribution in [0.2, 0.25) is 0 Å². The quantitative estimate of drug-likeness (QED) is 0.567. The van der Waals surface area contributed by atoms with E-state index in [9.17, 15) is 0 Å². The summed E-state index contributed by atoms with van der Waals surface area (Å²) in [6.45, 7) is 9.85. The van der Waals surface area contributed by atoms with Crippen LogP contribution in [0, 0.1) is 5.92 Å². The van der Waals surface area contributed by atoms with E-state index in [1.165, 1.54) is 5.56 Å². The molecule has 1 saturated heterocycles. The summed E-state index contributed by atoms with van der Waals surface area (Å²) in [6, 6.07) is 10.6. The van der Waals surface area contributed by atoms with E-state index >= 15 is 0 Å². The van der Waals surface area contributed by atoms with Crippen molar-refractivity contribution in [2.75, 3.05) is 7.05 Å². The Morgan fingerprint density at radius 1 is 1.33 bits per heavy atom. The highest BCUT2D eigenvalue weighted by Gasteiger charge is 2.51. The molecule has 4 heteroatoms. The molecule has 1 aromatic rings. The molecule has 2 rings (SSSR count). The molecule has 0 saturated carbocycles. The smallest absolute Gasteiger partial charge is 0.0888 e. The molecule has 2 atom stereocenters. The molecule has 0 unspecified atom stereocenters. The Balaban J connectivity index is 2.31. The molecule has 0 bridgehead atoms. The maximum atomic E-state index is 6.50. The molecule has 0 amide bonds. The molecule has 1 aromatic carbocycles. The van der Waals surface area contributed by atoms with Crippen LogP contribution in [0.15, 0.2) is 35.4 Å². The van der Waals surface area contributed by atoms with Crippen molar-refractivity contribution in [2.24, 2.45) is 11.0 Å². The highest BCUT2D eigenvalue weighted by molar-refractivity contribution is 5.59. The van der Waals surface area contributed by atoms with E-state index in [2.05, 4.69) is 73.6 Å². The van der Waals surface area contributed by atoms with E-state index in [1.54, 1.807) is 0 Å². The lowest BCUT2D eigenvalue weighted by Gasteiger charge is -2.37. The second-order valence-electron chi connectivity index (χ2n) is 7.66. The predicted molar refractivity (Wildman–Crippen MR) is 101 cm³/mol. The lowest BCUT2D eigenvalue weighted by Crippen LogP contribution is -2.44. The Bertz CT molecular complexity index is 531. The number of nitrogens with one attached hydrogen (secondary N) is 1. The van der Waals surface area contributed by atoms with Gasteiger partial charge in [0.05, 0.1) is 11.1 Å². The SMILES string of the molecule is CC[C@@]1(C)C[C@@](C/C=N/NC)(CC(C)C)N(Cc2ccccc2)O1. The second-order valence-corrected chi connectivity index (χ2v) is 7.66. The third-order valence-corrected chi connectivity index (χ3v) is 4.96. The standard InChI is InChI=1S/C20H33N3O/c1-6-19(4)16-20(14-17(2)3,12-13-22-21-5)23(24-19)15-18-10-8-7-9-11-18/h7-11,13,17,21H,6,12,14-16H2,1-5H3/b22-13+/t19-,20+/m0/s1. The molecular formula is C20H33N3O. The lowest BCUT2D eigenvalue weighted by atomic mass is 9.78. The van der Waals surface area contributed by atoms with Crippen LogP contribution in [-0.2, 0) is 11.4 Å². The Labute approximate surface area is 147 Å². The van der Waals surface area contributed by atoms with Gasteiger partial charge < -0.3 is 5.43 Å². The zero-order chi connectivity index (χ0) is 17.6. The van der Waals surface area contributed by atoms with Gasteiger partial charge in [-0.05, 0) is 37.7 Å². The van der Waals surface area contributed by atoms with Crippen molar-refractivity contribution < 1.29 is 4.84 Å². The van der Waals surface area contributed by atoms with Gasteiger partial charge in [-0.3, -0.25) is 4.84 Å². The van der Waals surface area contributed by atoms with Crippen LogP contribution in [0.3, 0.4) is 0 Å². The van der Waals surface area contributed by atoms with Gasteiger partial charge in [0.1, 0.15) is 0 Å². The summed E-state index contributed by atoms with van der Waals surface area (Å²) in [7, 11) is 1.84. The molecule has 1 fully saturated rings. The molecule has 1 aliphatic heterocycles. The summed E-state index contributed by atoms with van der Waals surface area (Å²) in [6.07, 6.45) is 6.06. The Morgan fingerprint density at radius 3 is 2.62 bits per heavy atom. The number of rotatable bonds is 8. The van der Waals surface area contributed by atoms with Gasteiger partial charge >= 0.3 is 0 Å². The number of hydrogen-bond acceptors (Lipinski definition) is 4. The molecular weight excluding hydrogens is 298 g/mol. The number of hydrogen-bond donors (Lipinski definition) is 1. The van der Waals surface area contributed by atoms with Gasteiger partial charge in [0, 0.05) is 26.2 Å². The van der Waals surface area contributed by atoms with Crippen molar-refractivity contribution in [3.05, 3.63) is 35.9 Å². The molecule has 24 heavy (non-hydrogen) atoms. The fraction of sp³-hybridized carbons (Fsp3) is 0.650. The van der Waals surface area contributed by atoms with Crippen molar-refractivity contribution >= 4 is 6.21 Å². The highest BCUT2D eigenvalue weighted by atomic mass is 16.7. The first-order valence-electron chi connectivity index (χ1n) is 9.12. The Kier molecular flexibility index (Phi) is 6.41. The van der Waals surface area contributed by atoms with Gasteiger partial charge in [-0.1, -0.05) is 51.1 Å². The van der Waals surface area contributed by atoms with Crippen LogP contribution >= 0.6 is 0 Å². The number of hydroxylamine groups is 2. The van der Waals surface area contributed by atoms with E-state index in [-0.39, 0.29) is 11.1 Å². The summed E-state index contributed by atoms with van der Waals surface area (Å²) in [5.41, 5.74) is 4.06. The van der Waals surface area contributed by atoms with Crippen LogP contribution in [0.4, 0.5) is 0 Å². The van der Waals surface area contributed by atoms with Crippen molar-refractivity contribution in [3.8, 4) is 0 Å². The summed E-state index contributed by atoms with van der Waals surface area (Å²) in [5, 5.41) is 6.49. The summed E-state index contributed by atoms with van der Waals surface area (Å²) in [5.74, 6) is 0.606. The molecule has 0 aromatic heterocycles. The normalized spacial score (nSPS) is 28.1. The third kappa shape index (κ3) is 4.58. The van der Waals surface area contributed by atoms with E-state index in [4.69, 9.17) is 4.84 Å². The maximum absolute atomic E-state index is 6.50. The topological polar surface area (TPSA) is 36.9 Å². The van der Waals surface area contributed by atoms with E-state index in [0.29, 0.717) is 5.92 Å². The van der Waals surface area contributed by atoms with Gasteiger partial charge in [-0.15, -0.1) is 0 Å². The minimum absolute atomic E-state index is 0.00484. The first-order chi connectivity index (χ1) is 11.4. The lowest BCUT2D eigenvalue weighted by molar-refractivity contribution is -0.226. The van der Waals surface area contributed by atoms with Gasteiger partial charge in [0.25, 0.3) is 0 Å². The van der Waals surface area contributed by atoms with E-state index in [1.807, 2.05) is 13.3 Å². The highest BCUT2D eigenvalue weighted by Crippen LogP contribution is 2.46. The summed E-state index contributed by atoms with van der Waals surface area (Å²) >= 11 is 0. The van der Waals surface area contributed by atoms with Crippen LogP contribution in [0.1, 0.15) is 58.9 Å². The van der Waals surface area contributed by atoms with Crippen LogP contribution < -0.4 is 5.43 Å². The van der Waals surface area contributed by atoms with Crippen LogP contribution in [0.25, 0.3) is 0 Å². The summed E-state index contributed by atoms with van der Waals surface area (Å²) in [4.78, 5) is 6.50. The third-order valence-electron chi connectivity index (χ3n) is 4.96. The monoisotopic (exact) mass is 331 g/mol. The molecule has 4 nitrogen and oxygen atoms in total. The molecule has 0 radical (unpaired) electrons. The van der Waals surface area contributed by atoms with Crippen LogP contribution in [-0.4, -0.2) is 29.5 Å². The van der Waals surface area contributed by atoms with Gasteiger partial charge in [-0.25, -0.2) is 0 Å². The van der Waals surface area contributed by atoms with Gasteiger partial charge in [-0.2, -0.15) is 10.2 Å². The van der Waals surface area contributed by atoms with Crippen molar-refractivity contribution in [2.45, 2.75) is 71.1 Å². The maximum Gasteiger partial charge on any atom is 0.0888 e.